The summed E-state index contributed by atoms with van der Waals surface area (Å²) in [6, 6.07) is 0. The lowest BCUT2D eigenvalue weighted by Gasteiger charge is -2.01. The summed E-state index contributed by atoms with van der Waals surface area (Å²) in [6.45, 7) is 4.18. The zero-order valence-electron chi connectivity index (χ0n) is 7.46. The molecule has 0 radical (unpaired) electrons. The van der Waals surface area contributed by atoms with E-state index in [2.05, 4.69) is 0 Å². The monoisotopic (exact) mass is 156 g/mol. The molecule has 0 aromatic carbocycles. The molecule has 0 bridgehead atoms. The van der Waals surface area contributed by atoms with Gasteiger partial charge in [-0.2, -0.15) is 0 Å². The lowest BCUT2D eigenvalue weighted by atomic mass is 10.0. The van der Waals surface area contributed by atoms with E-state index in [9.17, 15) is 4.79 Å². The van der Waals surface area contributed by atoms with Gasteiger partial charge in [0, 0.05) is 13.0 Å². The Morgan fingerprint density at radius 1 is 1.55 bits per heavy atom. The third-order valence-corrected chi connectivity index (χ3v) is 1.61. The van der Waals surface area contributed by atoms with Crippen molar-refractivity contribution in [1.82, 2.24) is 0 Å². The largest absolute Gasteiger partial charge is 0.381 e. The minimum Gasteiger partial charge on any atom is -0.381 e. The molecule has 64 valence electrons. The van der Waals surface area contributed by atoms with Crippen LogP contribution in [0.5, 0.6) is 0 Å². The van der Waals surface area contributed by atoms with Crippen molar-refractivity contribution in [2.24, 2.45) is 5.92 Å². The maximum atomic E-state index is 10.7. The van der Waals surface area contributed by atoms with Gasteiger partial charge in [0.2, 0.25) is 0 Å². The second-order valence-corrected chi connectivity index (χ2v) is 2.67. The van der Waals surface area contributed by atoms with Crippen LogP contribution >= 0.6 is 0 Å². The standard InChI is InChI=1S/C9H16O2/c1-8(9(2)10)6-4-5-7-11-3/h4-5,8H,6-7H2,1-3H3/b5-4+. The van der Waals surface area contributed by atoms with E-state index in [1.165, 1.54) is 0 Å². The second-order valence-electron chi connectivity index (χ2n) is 2.67. The quantitative estimate of drug-likeness (QED) is 0.567. The summed E-state index contributed by atoms with van der Waals surface area (Å²) < 4.78 is 4.81. The van der Waals surface area contributed by atoms with Gasteiger partial charge >= 0.3 is 0 Å². The number of rotatable bonds is 5. The van der Waals surface area contributed by atoms with E-state index in [4.69, 9.17) is 4.74 Å². The molecule has 0 fully saturated rings. The van der Waals surface area contributed by atoms with Gasteiger partial charge in [0.1, 0.15) is 5.78 Å². The molecule has 1 atom stereocenters. The predicted molar refractivity (Wildman–Crippen MR) is 45.5 cm³/mol. The van der Waals surface area contributed by atoms with Crippen molar-refractivity contribution in [3.63, 3.8) is 0 Å². The molecule has 0 heterocycles. The van der Waals surface area contributed by atoms with Crippen LogP contribution in [0, 0.1) is 5.92 Å². The molecular formula is C9H16O2. The molecule has 0 N–H and O–H groups in total. The Bertz CT molecular complexity index is 138. The minimum atomic E-state index is 0.142. The minimum absolute atomic E-state index is 0.142. The lowest BCUT2D eigenvalue weighted by Crippen LogP contribution is -2.04. The number of ketones is 1. The van der Waals surface area contributed by atoms with Crippen molar-refractivity contribution < 1.29 is 9.53 Å². The fraction of sp³-hybridized carbons (Fsp3) is 0.667. The molecule has 0 spiro atoms. The SMILES string of the molecule is COC/C=C/CC(C)C(C)=O. The van der Waals surface area contributed by atoms with E-state index in [1.54, 1.807) is 14.0 Å². The maximum Gasteiger partial charge on any atom is 0.132 e. The Balaban J connectivity index is 3.44. The van der Waals surface area contributed by atoms with Crippen molar-refractivity contribution in [1.29, 1.82) is 0 Å². The molecule has 1 unspecified atom stereocenters. The zero-order valence-corrected chi connectivity index (χ0v) is 7.46. The Labute approximate surface area is 68.2 Å². The van der Waals surface area contributed by atoms with E-state index in [1.807, 2.05) is 19.1 Å². The number of allylic oxidation sites excluding steroid dienone is 1. The number of carbonyl (C=O) groups excluding carboxylic acids is 1. The van der Waals surface area contributed by atoms with Crippen molar-refractivity contribution in [3.05, 3.63) is 12.2 Å². The summed E-state index contributed by atoms with van der Waals surface area (Å²) in [7, 11) is 1.65. The van der Waals surface area contributed by atoms with Crippen molar-refractivity contribution in [2.75, 3.05) is 13.7 Å². The first-order valence-corrected chi connectivity index (χ1v) is 3.83. The molecule has 0 rings (SSSR count). The van der Waals surface area contributed by atoms with Gasteiger partial charge in [0.15, 0.2) is 0 Å². The maximum absolute atomic E-state index is 10.7. The molecule has 0 aliphatic heterocycles. The Hall–Kier alpha value is -0.630. The fourth-order valence-electron chi connectivity index (χ4n) is 0.631. The highest BCUT2D eigenvalue weighted by Crippen LogP contribution is 2.03. The van der Waals surface area contributed by atoms with Gasteiger partial charge in [-0.05, 0) is 13.3 Å². The van der Waals surface area contributed by atoms with Gasteiger partial charge in [0.25, 0.3) is 0 Å². The number of ether oxygens (including phenoxy) is 1. The van der Waals surface area contributed by atoms with Gasteiger partial charge in [-0.1, -0.05) is 19.1 Å². The first kappa shape index (κ1) is 10.4. The number of methoxy groups -OCH3 is 1. The highest BCUT2D eigenvalue weighted by atomic mass is 16.5. The van der Waals surface area contributed by atoms with Crippen LogP contribution in [0.3, 0.4) is 0 Å². The first-order valence-electron chi connectivity index (χ1n) is 3.83. The average Bonchev–Trinajstić information content (AvgIpc) is 1.97. The van der Waals surface area contributed by atoms with Gasteiger partial charge in [0.05, 0.1) is 6.61 Å². The summed E-state index contributed by atoms with van der Waals surface area (Å²) in [6.07, 6.45) is 4.73. The predicted octanol–water partition coefficient (Wildman–Crippen LogP) is 1.80. The van der Waals surface area contributed by atoms with Crippen LogP contribution in [-0.4, -0.2) is 19.5 Å². The third-order valence-electron chi connectivity index (χ3n) is 1.61. The molecule has 2 heteroatoms. The Kier molecular flexibility index (Phi) is 5.75. The van der Waals surface area contributed by atoms with Crippen molar-refractivity contribution in [2.45, 2.75) is 20.3 Å². The van der Waals surface area contributed by atoms with Crippen molar-refractivity contribution >= 4 is 5.78 Å². The Morgan fingerprint density at radius 2 is 2.18 bits per heavy atom. The fourth-order valence-corrected chi connectivity index (χ4v) is 0.631. The van der Waals surface area contributed by atoms with Crippen LogP contribution < -0.4 is 0 Å². The topological polar surface area (TPSA) is 26.3 Å². The van der Waals surface area contributed by atoms with E-state index in [0.29, 0.717) is 6.61 Å². The Morgan fingerprint density at radius 3 is 2.64 bits per heavy atom. The average molecular weight is 156 g/mol. The first-order chi connectivity index (χ1) is 5.18. The molecule has 0 aliphatic rings. The summed E-state index contributed by atoms with van der Waals surface area (Å²) in [5.74, 6) is 0.384. The molecule has 0 aromatic rings. The molecular weight excluding hydrogens is 140 g/mol. The van der Waals surface area contributed by atoms with E-state index in [-0.39, 0.29) is 11.7 Å². The van der Waals surface area contributed by atoms with Crippen LogP contribution in [0.1, 0.15) is 20.3 Å². The third kappa shape index (κ3) is 5.80. The molecule has 2 nitrogen and oxygen atoms in total. The van der Waals surface area contributed by atoms with Gasteiger partial charge in [-0.3, -0.25) is 4.79 Å². The number of hydrogen-bond acceptors (Lipinski definition) is 2. The van der Waals surface area contributed by atoms with E-state index < -0.39 is 0 Å². The summed E-state index contributed by atoms with van der Waals surface area (Å²) in [5, 5.41) is 0. The van der Waals surface area contributed by atoms with Crippen LogP contribution in [0.15, 0.2) is 12.2 Å². The molecule has 0 saturated heterocycles. The number of carbonyl (C=O) groups is 1. The summed E-state index contributed by atoms with van der Waals surface area (Å²) in [4.78, 5) is 10.7. The number of hydrogen-bond donors (Lipinski definition) is 0. The van der Waals surface area contributed by atoms with E-state index in [0.717, 1.165) is 6.42 Å². The zero-order chi connectivity index (χ0) is 8.69. The van der Waals surface area contributed by atoms with Crippen LogP contribution in [-0.2, 0) is 9.53 Å². The number of Topliss-reactive ketones (excluding diaryl/α,β-unsaturated/α-hetero) is 1. The summed E-state index contributed by atoms with van der Waals surface area (Å²) in [5.41, 5.74) is 0. The van der Waals surface area contributed by atoms with Crippen LogP contribution in [0.2, 0.25) is 0 Å². The molecule has 11 heavy (non-hydrogen) atoms. The highest BCUT2D eigenvalue weighted by Gasteiger charge is 2.03. The summed E-state index contributed by atoms with van der Waals surface area (Å²) >= 11 is 0. The van der Waals surface area contributed by atoms with Crippen molar-refractivity contribution in [3.8, 4) is 0 Å². The molecule has 0 aromatic heterocycles. The smallest absolute Gasteiger partial charge is 0.132 e. The molecule has 0 saturated carbocycles. The van der Waals surface area contributed by atoms with Crippen LogP contribution in [0.4, 0.5) is 0 Å². The van der Waals surface area contributed by atoms with Crippen LogP contribution in [0.25, 0.3) is 0 Å². The normalized spacial score (nSPS) is 13.7. The van der Waals surface area contributed by atoms with E-state index >= 15 is 0 Å². The van der Waals surface area contributed by atoms with Gasteiger partial charge in [-0.25, -0.2) is 0 Å². The molecule has 0 amide bonds. The molecule has 0 aliphatic carbocycles. The van der Waals surface area contributed by atoms with Gasteiger partial charge in [-0.15, -0.1) is 0 Å². The lowest BCUT2D eigenvalue weighted by molar-refractivity contribution is -0.120. The highest BCUT2D eigenvalue weighted by molar-refractivity contribution is 5.77. The second kappa shape index (κ2) is 6.10. The van der Waals surface area contributed by atoms with Gasteiger partial charge < -0.3 is 4.74 Å².